The summed E-state index contributed by atoms with van der Waals surface area (Å²) < 4.78 is 0. The van der Waals surface area contributed by atoms with Crippen LogP contribution in [-0.2, 0) is 24.7 Å². The highest BCUT2D eigenvalue weighted by Crippen LogP contribution is 2.42. The Hall–Kier alpha value is -3.37. The van der Waals surface area contributed by atoms with Crippen LogP contribution in [-0.4, -0.2) is 42.0 Å². The van der Waals surface area contributed by atoms with Crippen molar-refractivity contribution in [3.63, 3.8) is 0 Å². The summed E-state index contributed by atoms with van der Waals surface area (Å²) in [7, 11) is 0. The Morgan fingerprint density at radius 1 is 0.897 bits per heavy atom. The van der Waals surface area contributed by atoms with E-state index >= 15 is 0 Å². The Morgan fingerprint density at radius 3 is 2.13 bits per heavy atom. The van der Waals surface area contributed by atoms with Gasteiger partial charge in [0.1, 0.15) is 0 Å². The van der Waals surface area contributed by atoms with Crippen LogP contribution >= 0.6 is 0 Å². The maximum atomic E-state index is 14.1. The van der Waals surface area contributed by atoms with Crippen molar-refractivity contribution in [2.24, 2.45) is 21.8 Å². The summed E-state index contributed by atoms with van der Waals surface area (Å²) in [6.07, 6.45) is 4.80. The molecule has 0 heterocycles. The maximum absolute atomic E-state index is 14.1. The van der Waals surface area contributed by atoms with Crippen LogP contribution in [0.25, 0.3) is 0 Å². The Balaban J connectivity index is 1.63. The lowest BCUT2D eigenvalue weighted by Gasteiger charge is -2.38. The molecule has 0 aliphatic heterocycles. The van der Waals surface area contributed by atoms with Gasteiger partial charge in [-0.05, 0) is 65.7 Å². The summed E-state index contributed by atoms with van der Waals surface area (Å²) >= 11 is 0. The van der Waals surface area contributed by atoms with Gasteiger partial charge in [0.05, 0.1) is 17.3 Å². The van der Waals surface area contributed by atoms with E-state index in [2.05, 4.69) is 56.3 Å². The maximum Gasteiger partial charge on any atom is 0.173 e. The van der Waals surface area contributed by atoms with Crippen LogP contribution < -0.4 is 0 Å². The molecule has 4 nitrogen and oxygen atoms in total. The molecule has 4 heteroatoms. The number of nitrogens with zero attached hydrogens (tertiary/aromatic N) is 2. The fourth-order valence-electron chi connectivity index (χ4n) is 6.28. The van der Waals surface area contributed by atoms with Gasteiger partial charge in [0.25, 0.3) is 0 Å². The third kappa shape index (κ3) is 5.67. The minimum Gasteiger partial charge on any atom is -0.396 e. The van der Waals surface area contributed by atoms with Crippen LogP contribution in [0.3, 0.4) is 0 Å². The number of aliphatic imine (C=N–C) groups is 2. The van der Waals surface area contributed by atoms with Crippen LogP contribution in [0.5, 0.6) is 0 Å². The molecule has 0 aromatic heterocycles. The molecule has 0 amide bonds. The van der Waals surface area contributed by atoms with Crippen molar-refractivity contribution >= 4 is 17.2 Å². The number of aliphatic hydroxyl groups excluding tert-OH is 1. The number of Topliss-reactive ketones (excluding diaryl/α,β-unsaturated/α-hetero) is 1. The van der Waals surface area contributed by atoms with E-state index in [1.54, 1.807) is 0 Å². The Morgan fingerprint density at radius 2 is 1.51 bits per heavy atom. The van der Waals surface area contributed by atoms with Gasteiger partial charge in [-0.25, -0.2) is 0 Å². The van der Waals surface area contributed by atoms with Crippen molar-refractivity contribution < 1.29 is 9.90 Å². The first-order valence-electron chi connectivity index (χ1n) is 14.4. The summed E-state index contributed by atoms with van der Waals surface area (Å²) in [6, 6.07) is 25.0. The van der Waals surface area contributed by atoms with E-state index in [4.69, 9.17) is 9.98 Å². The molecule has 5 rings (SSSR count). The summed E-state index contributed by atoms with van der Waals surface area (Å²) in [5, 5.41) is 10.2. The van der Waals surface area contributed by atoms with Crippen LogP contribution in [0.2, 0.25) is 0 Å². The fraction of sp³-hybridized carbons (Fsp3) is 0.400. The van der Waals surface area contributed by atoms with Gasteiger partial charge in [0, 0.05) is 30.8 Å². The van der Waals surface area contributed by atoms with Crippen molar-refractivity contribution in [2.45, 2.75) is 58.3 Å². The van der Waals surface area contributed by atoms with E-state index in [-0.39, 0.29) is 23.7 Å². The van der Waals surface area contributed by atoms with Crippen LogP contribution in [0.1, 0.15) is 71.8 Å². The summed E-state index contributed by atoms with van der Waals surface area (Å²) in [5.74, 6) is -0.672. The number of carbonyl (C=O) groups is 1. The number of carbonyl (C=O) groups excluding carboxylic acids is 1. The topological polar surface area (TPSA) is 62.0 Å². The molecular formula is C35H40N2O2. The number of ketones is 1. The van der Waals surface area contributed by atoms with E-state index in [1.165, 1.54) is 22.3 Å². The van der Waals surface area contributed by atoms with Crippen molar-refractivity contribution in [1.29, 1.82) is 0 Å². The number of aliphatic hydroxyl groups is 1. The zero-order chi connectivity index (χ0) is 27.4. The second-order valence-electron chi connectivity index (χ2n) is 11.7. The predicted molar refractivity (Wildman–Crippen MR) is 160 cm³/mol. The number of hydrogen-bond donors (Lipinski definition) is 1. The standard InChI is InChI=1S/C35H40N2O2/c1-24(23-38)30-32(36-21-18-25-11-6-4-7-12-25)33(37-22-19-26-13-8-5-9-14-26)31-27-15-10-20-35(2,3)29(27)17-16-28(31)34(30)39/h4-9,11-14,16-17,24,30,38H,10,15,18-23H2,1-3H3. The van der Waals surface area contributed by atoms with Gasteiger partial charge in [-0.2, -0.15) is 0 Å². The third-order valence-electron chi connectivity index (χ3n) is 8.49. The molecule has 0 radical (unpaired) electrons. The van der Waals surface area contributed by atoms with Crippen molar-refractivity contribution in [2.75, 3.05) is 19.7 Å². The molecule has 2 unspecified atom stereocenters. The van der Waals surface area contributed by atoms with Gasteiger partial charge in [-0.15, -0.1) is 0 Å². The first-order valence-corrected chi connectivity index (χ1v) is 14.4. The van der Waals surface area contributed by atoms with Crippen LogP contribution in [0, 0.1) is 11.8 Å². The van der Waals surface area contributed by atoms with Crippen LogP contribution in [0.4, 0.5) is 0 Å². The molecule has 2 aliphatic carbocycles. The van der Waals surface area contributed by atoms with Crippen molar-refractivity contribution in [3.05, 3.63) is 106 Å². The van der Waals surface area contributed by atoms with Gasteiger partial charge in [-0.3, -0.25) is 14.8 Å². The first kappa shape index (κ1) is 27.2. The lowest BCUT2D eigenvalue weighted by atomic mass is 9.66. The summed E-state index contributed by atoms with van der Waals surface area (Å²) in [5.41, 5.74) is 8.49. The average Bonchev–Trinajstić information content (AvgIpc) is 2.95. The van der Waals surface area contributed by atoms with E-state index in [9.17, 15) is 9.90 Å². The summed E-state index contributed by atoms with van der Waals surface area (Å²) in [4.78, 5) is 24.5. The minimum absolute atomic E-state index is 0.0562. The molecule has 3 aromatic rings. The van der Waals surface area contributed by atoms with Crippen LogP contribution in [0.15, 0.2) is 82.8 Å². The molecule has 3 aromatic carbocycles. The zero-order valence-electron chi connectivity index (χ0n) is 23.5. The van der Waals surface area contributed by atoms with Gasteiger partial charge in [0.15, 0.2) is 5.78 Å². The lowest BCUT2D eigenvalue weighted by molar-refractivity contribution is 0.0893. The van der Waals surface area contributed by atoms with Gasteiger partial charge < -0.3 is 5.11 Å². The fourth-order valence-corrected chi connectivity index (χ4v) is 6.28. The lowest BCUT2D eigenvalue weighted by Crippen LogP contribution is -2.44. The van der Waals surface area contributed by atoms with E-state index < -0.39 is 5.92 Å². The highest BCUT2D eigenvalue weighted by Gasteiger charge is 2.42. The zero-order valence-corrected chi connectivity index (χ0v) is 23.5. The number of hydrogen-bond acceptors (Lipinski definition) is 4. The Labute approximate surface area is 232 Å². The first-order chi connectivity index (χ1) is 18.9. The minimum atomic E-state index is -0.497. The second kappa shape index (κ2) is 11.8. The third-order valence-corrected chi connectivity index (χ3v) is 8.49. The van der Waals surface area contributed by atoms with Crippen molar-refractivity contribution in [1.82, 2.24) is 0 Å². The quantitative estimate of drug-likeness (QED) is 0.371. The van der Waals surface area contributed by atoms with Gasteiger partial charge >= 0.3 is 0 Å². The van der Waals surface area contributed by atoms with Crippen molar-refractivity contribution in [3.8, 4) is 0 Å². The average molecular weight is 521 g/mol. The molecular weight excluding hydrogens is 480 g/mol. The number of fused-ring (bicyclic) bond motifs is 3. The Kier molecular flexibility index (Phi) is 8.23. The van der Waals surface area contributed by atoms with Gasteiger partial charge in [0.2, 0.25) is 0 Å². The van der Waals surface area contributed by atoms with E-state index in [1.807, 2.05) is 37.3 Å². The molecule has 0 bridgehead atoms. The SMILES string of the molecule is CC(CO)C1C(=O)c2ccc3c(c2C(=NCCc2ccccc2)C1=NCCc1ccccc1)CCCC3(C)C. The molecule has 0 saturated heterocycles. The molecule has 2 aliphatic rings. The summed E-state index contributed by atoms with van der Waals surface area (Å²) in [6.45, 7) is 7.69. The van der Waals surface area contributed by atoms with E-state index in [0.717, 1.165) is 54.7 Å². The Bertz CT molecular complexity index is 1370. The molecule has 202 valence electrons. The molecule has 39 heavy (non-hydrogen) atoms. The normalized spacial score (nSPS) is 21.0. The smallest absolute Gasteiger partial charge is 0.173 e. The molecule has 1 N–H and O–H groups in total. The molecule has 2 atom stereocenters. The molecule has 0 fully saturated rings. The largest absolute Gasteiger partial charge is 0.396 e. The highest BCUT2D eigenvalue weighted by molar-refractivity contribution is 6.56. The van der Waals surface area contributed by atoms with E-state index in [0.29, 0.717) is 13.1 Å². The second-order valence-corrected chi connectivity index (χ2v) is 11.7. The highest BCUT2D eigenvalue weighted by atomic mass is 16.3. The monoisotopic (exact) mass is 520 g/mol. The molecule has 0 spiro atoms. The molecule has 0 saturated carbocycles. The number of rotatable bonds is 8. The predicted octanol–water partition coefficient (Wildman–Crippen LogP) is 6.46. The van der Waals surface area contributed by atoms with Gasteiger partial charge in [-0.1, -0.05) is 93.6 Å². The number of benzene rings is 3.